The van der Waals surface area contributed by atoms with Gasteiger partial charge < -0.3 is 11.1 Å². The van der Waals surface area contributed by atoms with Crippen LogP contribution in [0.2, 0.25) is 0 Å². The zero-order valence-electron chi connectivity index (χ0n) is 12.7. The zero-order valence-corrected chi connectivity index (χ0v) is 12.7. The molecule has 0 aromatic heterocycles. The second kappa shape index (κ2) is 9.32. The molecule has 0 radical (unpaired) electrons. The molecule has 19 heavy (non-hydrogen) atoms. The molecule has 0 aromatic rings. The lowest BCUT2D eigenvalue weighted by molar-refractivity contribution is -0.123. The number of nitrogens with zero attached hydrogens (tertiary/aromatic N) is 1. The molecule has 1 aliphatic rings. The van der Waals surface area contributed by atoms with Crippen LogP contribution in [0.15, 0.2) is 0 Å². The minimum Gasteiger partial charge on any atom is -0.353 e. The van der Waals surface area contributed by atoms with Crippen molar-refractivity contribution in [1.82, 2.24) is 10.2 Å². The van der Waals surface area contributed by atoms with Crippen LogP contribution in [-0.4, -0.2) is 42.5 Å². The first-order valence-corrected chi connectivity index (χ1v) is 7.90. The first-order valence-electron chi connectivity index (χ1n) is 7.90. The normalized spacial score (nSPS) is 17.9. The van der Waals surface area contributed by atoms with Gasteiger partial charge in [0.2, 0.25) is 5.91 Å². The SMILES string of the molecule is CCCC(C)NC(=O)CN(CCCN)C1CCCC1. The molecule has 0 bridgehead atoms. The molecule has 1 saturated carbocycles. The molecule has 1 fully saturated rings. The fraction of sp³-hybridized carbons (Fsp3) is 0.933. The third-order valence-corrected chi connectivity index (χ3v) is 3.97. The summed E-state index contributed by atoms with van der Waals surface area (Å²) in [5, 5.41) is 3.10. The highest BCUT2D eigenvalue weighted by Gasteiger charge is 2.24. The Morgan fingerprint density at radius 3 is 2.68 bits per heavy atom. The quantitative estimate of drug-likeness (QED) is 0.672. The van der Waals surface area contributed by atoms with Crippen LogP contribution in [0.4, 0.5) is 0 Å². The van der Waals surface area contributed by atoms with Crippen molar-refractivity contribution in [2.75, 3.05) is 19.6 Å². The molecule has 112 valence electrons. The Balaban J connectivity index is 2.39. The maximum absolute atomic E-state index is 12.1. The number of carbonyl (C=O) groups is 1. The second-order valence-corrected chi connectivity index (χ2v) is 5.81. The van der Waals surface area contributed by atoms with Crippen molar-refractivity contribution in [3.8, 4) is 0 Å². The van der Waals surface area contributed by atoms with Gasteiger partial charge in [0, 0.05) is 18.6 Å². The molecule has 4 nitrogen and oxygen atoms in total. The molecule has 1 unspecified atom stereocenters. The third kappa shape index (κ3) is 6.39. The Labute approximate surface area is 118 Å². The van der Waals surface area contributed by atoms with Crippen molar-refractivity contribution in [1.29, 1.82) is 0 Å². The maximum atomic E-state index is 12.1. The largest absolute Gasteiger partial charge is 0.353 e. The van der Waals surface area contributed by atoms with E-state index >= 15 is 0 Å². The van der Waals surface area contributed by atoms with E-state index in [1.54, 1.807) is 0 Å². The topological polar surface area (TPSA) is 58.4 Å². The Hall–Kier alpha value is -0.610. The Kier molecular flexibility index (Phi) is 8.07. The lowest BCUT2D eigenvalue weighted by atomic mass is 10.2. The van der Waals surface area contributed by atoms with Crippen LogP contribution >= 0.6 is 0 Å². The fourth-order valence-corrected chi connectivity index (χ4v) is 2.96. The smallest absolute Gasteiger partial charge is 0.234 e. The second-order valence-electron chi connectivity index (χ2n) is 5.81. The summed E-state index contributed by atoms with van der Waals surface area (Å²) in [5.41, 5.74) is 5.60. The average Bonchev–Trinajstić information content (AvgIpc) is 2.88. The minimum atomic E-state index is 0.171. The monoisotopic (exact) mass is 269 g/mol. The van der Waals surface area contributed by atoms with E-state index in [0.29, 0.717) is 19.1 Å². The first-order chi connectivity index (χ1) is 9.17. The van der Waals surface area contributed by atoms with Gasteiger partial charge in [-0.25, -0.2) is 0 Å². The minimum absolute atomic E-state index is 0.171. The predicted octanol–water partition coefficient (Wildman–Crippen LogP) is 1.88. The number of carbonyl (C=O) groups excluding carboxylic acids is 1. The van der Waals surface area contributed by atoms with Crippen LogP contribution in [0, 0.1) is 0 Å². The molecular weight excluding hydrogens is 238 g/mol. The maximum Gasteiger partial charge on any atom is 0.234 e. The van der Waals surface area contributed by atoms with E-state index in [2.05, 4.69) is 24.1 Å². The molecule has 0 heterocycles. The van der Waals surface area contributed by atoms with Gasteiger partial charge in [0.1, 0.15) is 0 Å². The van der Waals surface area contributed by atoms with Crippen LogP contribution in [0.25, 0.3) is 0 Å². The fourth-order valence-electron chi connectivity index (χ4n) is 2.96. The number of hydrogen-bond acceptors (Lipinski definition) is 3. The van der Waals surface area contributed by atoms with Gasteiger partial charge in [0.15, 0.2) is 0 Å². The zero-order chi connectivity index (χ0) is 14.1. The predicted molar refractivity (Wildman–Crippen MR) is 80.0 cm³/mol. The van der Waals surface area contributed by atoms with E-state index in [0.717, 1.165) is 25.8 Å². The van der Waals surface area contributed by atoms with E-state index in [-0.39, 0.29) is 11.9 Å². The molecule has 0 aromatic carbocycles. The highest BCUT2D eigenvalue weighted by molar-refractivity contribution is 5.78. The van der Waals surface area contributed by atoms with Gasteiger partial charge in [-0.2, -0.15) is 0 Å². The Bertz CT molecular complexity index is 252. The van der Waals surface area contributed by atoms with Crippen LogP contribution in [0.1, 0.15) is 58.8 Å². The average molecular weight is 269 g/mol. The van der Waals surface area contributed by atoms with E-state index in [4.69, 9.17) is 5.73 Å². The van der Waals surface area contributed by atoms with Crippen molar-refractivity contribution in [3.05, 3.63) is 0 Å². The van der Waals surface area contributed by atoms with Crippen molar-refractivity contribution in [2.24, 2.45) is 5.73 Å². The summed E-state index contributed by atoms with van der Waals surface area (Å²) in [7, 11) is 0. The van der Waals surface area contributed by atoms with Gasteiger partial charge in [-0.3, -0.25) is 9.69 Å². The van der Waals surface area contributed by atoms with Gasteiger partial charge in [0.05, 0.1) is 6.54 Å². The van der Waals surface area contributed by atoms with Crippen molar-refractivity contribution in [2.45, 2.75) is 70.9 Å². The molecule has 1 aliphatic carbocycles. The molecule has 1 atom stereocenters. The molecule has 1 rings (SSSR count). The Morgan fingerprint density at radius 2 is 2.11 bits per heavy atom. The number of nitrogens with two attached hydrogens (primary N) is 1. The van der Waals surface area contributed by atoms with Gasteiger partial charge in [-0.05, 0) is 39.2 Å². The molecule has 0 saturated heterocycles. The van der Waals surface area contributed by atoms with E-state index in [9.17, 15) is 4.79 Å². The standard InChI is InChI=1S/C15H31N3O/c1-3-7-13(2)17-15(19)12-18(11-6-10-16)14-8-4-5-9-14/h13-14H,3-12,16H2,1-2H3,(H,17,19). The van der Waals surface area contributed by atoms with Crippen molar-refractivity contribution < 1.29 is 4.79 Å². The molecular formula is C15H31N3O. The lowest BCUT2D eigenvalue weighted by Gasteiger charge is -2.28. The first kappa shape index (κ1) is 16.4. The molecule has 1 amide bonds. The van der Waals surface area contributed by atoms with Crippen LogP contribution in [-0.2, 0) is 4.79 Å². The highest BCUT2D eigenvalue weighted by atomic mass is 16.2. The summed E-state index contributed by atoms with van der Waals surface area (Å²) >= 11 is 0. The lowest BCUT2D eigenvalue weighted by Crippen LogP contribution is -2.45. The van der Waals surface area contributed by atoms with E-state index in [1.165, 1.54) is 25.7 Å². The third-order valence-electron chi connectivity index (χ3n) is 3.97. The number of nitrogens with one attached hydrogen (secondary N) is 1. The van der Waals surface area contributed by atoms with Crippen LogP contribution in [0.5, 0.6) is 0 Å². The van der Waals surface area contributed by atoms with E-state index < -0.39 is 0 Å². The summed E-state index contributed by atoms with van der Waals surface area (Å²) in [6, 6.07) is 0.885. The number of rotatable bonds is 9. The van der Waals surface area contributed by atoms with Crippen LogP contribution < -0.4 is 11.1 Å². The van der Waals surface area contributed by atoms with Crippen LogP contribution in [0.3, 0.4) is 0 Å². The van der Waals surface area contributed by atoms with Crippen molar-refractivity contribution in [3.63, 3.8) is 0 Å². The summed E-state index contributed by atoms with van der Waals surface area (Å²) in [4.78, 5) is 14.4. The molecule has 4 heteroatoms. The van der Waals surface area contributed by atoms with Gasteiger partial charge in [-0.1, -0.05) is 26.2 Å². The van der Waals surface area contributed by atoms with Gasteiger partial charge in [0.25, 0.3) is 0 Å². The molecule has 3 N–H and O–H groups in total. The number of amides is 1. The highest BCUT2D eigenvalue weighted by Crippen LogP contribution is 2.23. The molecule has 0 spiro atoms. The van der Waals surface area contributed by atoms with Gasteiger partial charge >= 0.3 is 0 Å². The van der Waals surface area contributed by atoms with E-state index in [1.807, 2.05) is 0 Å². The van der Waals surface area contributed by atoms with Gasteiger partial charge in [-0.15, -0.1) is 0 Å². The van der Waals surface area contributed by atoms with Crippen molar-refractivity contribution >= 4 is 5.91 Å². The summed E-state index contributed by atoms with van der Waals surface area (Å²) in [6.45, 7) is 6.43. The molecule has 0 aliphatic heterocycles. The number of hydrogen-bond donors (Lipinski definition) is 2. The Morgan fingerprint density at radius 1 is 1.42 bits per heavy atom. The summed E-state index contributed by atoms with van der Waals surface area (Å²) in [6.07, 6.45) is 8.23. The summed E-state index contributed by atoms with van der Waals surface area (Å²) in [5.74, 6) is 0.171. The summed E-state index contributed by atoms with van der Waals surface area (Å²) < 4.78 is 0.